The summed E-state index contributed by atoms with van der Waals surface area (Å²) in [5.74, 6) is 0.901. The van der Waals surface area contributed by atoms with Gasteiger partial charge in [-0.15, -0.1) is 0 Å². The minimum atomic E-state index is 0.199. The van der Waals surface area contributed by atoms with Gasteiger partial charge >= 0.3 is 0 Å². The van der Waals surface area contributed by atoms with Crippen molar-refractivity contribution in [1.29, 1.82) is 0 Å². The van der Waals surface area contributed by atoms with Gasteiger partial charge in [0.05, 0.1) is 18.3 Å². The number of nitrogens with one attached hydrogen (secondary N) is 1. The molecule has 1 aromatic rings. The maximum atomic E-state index is 5.70. The van der Waals surface area contributed by atoms with Gasteiger partial charge < -0.3 is 14.6 Å². The second-order valence-electron chi connectivity index (χ2n) is 5.37. The van der Waals surface area contributed by atoms with Gasteiger partial charge in [0.15, 0.2) is 5.76 Å². The Morgan fingerprint density at radius 1 is 1.59 bits per heavy atom. The summed E-state index contributed by atoms with van der Waals surface area (Å²) >= 11 is 0. The van der Waals surface area contributed by atoms with Crippen LogP contribution in [0.25, 0.3) is 0 Å². The summed E-state index contributed by atoms with van der Waals surface area (Å²) in [6.07, 6.45) is 1.45. The molecule has 0 radical (unpaired) electrons. The number of rotatable bonds is 5. The van der Waals surface area contributed by atoms with E-state index in [1.54, 1.807) is 0 Å². The molecule has 96 valence electrons. The van der Waals surface area contributed by atoms with E-state index in [2.05, 4.69) is 24.3 Å². The molecule has 0 bridgehead atoms. The fourth-order valence-corrected chi connectivity index (χ4v) is 2.44. The molecule has 1 heterocycles. The van der Waals surface area contributed by atoms with Crippen LogP contribution in [0.15, 0.2) is 10.6 Å². The summed E-state index contributed by atoms with van der Waals surface area (Å²) in [6.45, 7) is 10.0. The zero-order valence-electron chi connectivity index (χ0n) is 11.1. The molecule has 0 saturated heterocycles. The van der Waals surface area contributed by atoms with Crippen LogP contribution in [0.2, 0.25) is 0 Å². The van der Waals surface area contributed by atoms with Crippen molar-refractivity contribution in [3.63, 3.8) is 0 Å². The summed E-state index contributed by atoms with van der Waals surface area (Å²) in [7, 11) is 0. The second-order valence-corrected chi connectivity index (χ2v) is 5.37. The lowest BCUT2D eigenvalue weighted by atomic mass is 9.64. The lowest BCUT2D eigenvalue weighted by molar-refractivity contribution is -0.114. The average molecular weight is 238 g/mol. The molecule has 4 heteroatoms. The highest BCUT2D eigenvalue weighted by atomic mass is 16.5. The van der Waals surface area contributed by atoms with Crippen molar-refractivity contribution in [3.8, 4) is 0 Å². The van der Waals surface area contributed by atoms with E-state index in [9.17, 15) is 0 Å². The van der Waals surface area contributed by atoms with Crippen LogP contribution in [0.5, 0.6) is 0 Å². The van der Waals surface area contributed by atoms with Crippen LogP contribution < -0.4 is 5.32 Å². The van der Waals surface area contributed by atoms with Crippen LogP contribution in [0.3, 0.4) is 0 Å². The van der Waals surface area contributed by atoms with Gasteiger partial charge in [-0.3, -0.25) is 0 Å². The highest BCUT2D eigenvalue weighted by Gasteiger charge is 2.48. The Morgan fingerprint density at radius 2 is 2.35 bits per heavy atom. The van der Waals surface area contributed by atoms with Crippen LogP contribution in [-0.2, 0) is 11.3 Å². The largest absolute Gasteiger partial charge is 0.378 e. The molecule has 2 rings (SSSR count). The maximum absolute atomic E-state index is 5.70. The van der Waals surface area contributed by atoms with E-state index in [1.807, 2.05) is 19.9 Å². The van der Waals surface area contributed by atoms with Crippen molar-refractivity contribution >= 4 is 0 Å². The summed E-state index contributed by atoms with van der Waals surface area (Å²) in [5.41, 5.74) is 1.13. The van der Waals surface area contributed by atoms with E-state index in [-0.39, 0.29) is 5.41 Å². The summed E-state index contributed by atoms with van der Waals surface area (Å²) in [6, 6.07) is 2.46. The van der Waals surface area contributed by atoms with Crippen LogP contribution in [0, 0.1) is 12.3 Å². The minimum Gasteiger partial charge on any atom is -0.378 e. The van der Waals surface area contributed by atoms with E-state index >= 15 is 0 Å². The molecule has 0 amide bonds. The Bertz CT molecular complexity index is 373. The maximum Gasteiger partial charge on any atom is 0.150 e. The molecule has 4 nitrogen and oxygen atoms in total. The highest BCUT2D eigenvalue weighted by Crippen LogP contribution is 2.42. The van der Waals surface area contributed by atoms with E-state index < -0.39 is 0 Å². The zero-order chi connectivity index (χ0) is 12.5. The number of aromatic nitrogens is 1. The molecule has 1 aromatic heterocycles. The summed E-state index contributed by atoms with van der Waals surface area (Å²) < 4.78 is 10.9. The third kappa shape index (κ3) is 2.53. The zero-order valence-corrected chi connectivity index (χ0v) is 11.1. The van der Waals surface area contributed by atoms with Gasteiger partial charge in [0.1, 0.15) is 0 Å². The van der Waals surface area contributed by atoms with Gasteiger partial charge in [0, 0.05) is 24.1 Å². The average Bonchev–Trinajstić information content (AvgIpc) is 2.68. The first-order chi connectivity index (χ1) is 8.04. The molecule has 1 saturated carbocycles. The van der Waals surface area contributed by atoms with Crippen LogP contribution in [-0.4, -0.2) is 23.9 Å². The van der Waals surface area contributed by atoms with Crippen molar-refractivity contribution in [3.05, 3.63) is 17.5 Å². The monoisotopic (exact) mass is 238 g/mol. The van der Waals surface area contributed by atoms with Gasteiger partial charge in [-0.25, -0.2) is 0 Å². The lowest BCUT2D eigenvalue weighted by Gasteiger charge is -2.51. The molecular weight excluding hydrogens is 216 g/mol. The molecule has 0 spiro atoms. The minimum absolute atomic E-state index is 0.199. The quantitative estimate of drug-likeness (QED) is 0.855. The normalized spacial score (nSPS) is 26.8. The van der Waals surface area contributed by atoms with E-state index in [0.29, 0.717) is 12.1 Å². The molecule has 0 aromatic carbocycles. The van der Waals surface area contributed by atoms with E-state index in [0.717, 1.165) is 31.0 Å². The van der Waals surface area contributed by atoms with Gasteiger partial charge in [-0.05, 0) is 20.3 Å². The summed E-state index contributed by atoms with van der Waals surface area (Å²) in [5, 5.41) is 7.39. The fourth-order valence-electron chi connectivity index (χ4n) is 2.44. The van der Waals surface area contributed by atoms with Crippen molar-refractivity contribution < 1.29 is 9.26 Å². The van der Waals surface area contributed by atoms with Crippen molar-refractivity contribution in [2.75, 3.05) is 6.61 Å². The number of aryl methyl sites for hydroxylation is 1. The standard InChI is InChI=1S/C13H22N2O2/c1-5-16-12-7-11(13(12,3)4)14-8-10-6-9(2)15-17-10/h6,11-12,14H,5,7-8H2,1-4H3. The second kappa shape index (κ2) is 4.78. The highest BCUT2D eigenvalue weighted by molar-refractivity contribution is 5.06. The van der Waals surface area contributed by atoms with Gasteiger partial charge in [0.2, 0.25) is 0 Å². The Morgan fingerprint density at radius 3 is 2.88 bits per heavy atom. The predicted molar refractivity (Wildman–Crippen MR) is 65.7 cm³/mol. The first-order valence-electron chi connectivity index (χ1n) is 6.31. The third-order valence-corrected chi connectivity index (χ3v) is 3.75. The van der Waals surface area contributed by atoms with Crippen LogP contribution in [0.4, 0.5) is 0 Å². The molecule has 1 fully saturated rings. The van der Waals surface area contributed by atoms with Gasteiger partial charge in [-0.2, -0.15) is 0 Å². The Balaban J connectivity index is 1.82. The van der Waals surface area contributed by atoms with E-state index in [4.69, 9.17) is 9.26 Å². The molecule has 1 aliphatic carbocycles. The fraction of sp³-hybridized carbons (Fsp3) is 0.769. The molecule has 17 heavy (non-hydrogen) atoms. The molecule has 2 atom stereocenters. The number of hydrogen-bond acceptors (Lipinski definition) is 4. The van der Waals surface area contributed by atoms with Crippen LogP contribution >= 0.6 is 0 Å². The van der Waals surface area contributed by atoms with Gasteiger partial charge in [0.25, 0.3) is 0 Å². The topological polar surface area (TPSA) is 47.3 Å². The van der Waals surface area contributed by atoms with E-state index in [1.165, 1.54) is 0 Å². The Kier molecular flexibility index (Phi) is 3.54. The first-order valence-corrected chi connectivity index (χ1v) is 6.31. The number of hydrogen-bond donors (Lipinski definition) is 1. The molecule has 1 aliphatic rings. The molecular formula is C13H22N2O2. The van der Waals surface area contributed by atoms with Crippen molar-refractivity contribution in [2.45, 2.75) is 52.8 Å². The van der Waals surface area contributed by atoms with Crippen molar-refractivity contribution in [1.82, 2.24) is 10.5 Å². The Hall–Kier alpha value is -0.870. The molecule has 2 unspecified atom stereocenters. The third-order valence-electron chi connectivity index (χ3n) is 3.75. The smallest absolute Gasteiger partial charge is 0.150 e. The Labute approximate surface area is 103 Å². The first kappa shape index (κ1) is 12.6. The van der Waals surface area contributed by atoms with Gasteiger partial charge in [-0.1, -0.05) is 19.0 Å². The number of ether oxygens (including phenoxy) is 1. The summed E-state index contributed by atoms with van der Waals surface area (Å²) in [4.78, 5) is 0. The predicted octanol–water partition coefficient (Wildman–Crippen LogP) is 2.28. The van der Waals surface area contributed by atoms with Crippen molar-refractivity contribution in [2.24, 2.45) is 5.41 Å². The SMILES string of the molecule is CCOC1CC(NCc2cc(C)no2)C1(C)C. The molecule has 0 aliphatic heterocycles. The number of nitrogens with zero attached hydrogens (tertiary/aromatic N) is 1. The molecule has 1 N–H and O–H groups in total. The van der Waals surface area contributed by atoms with Crippen LogP contribution in [0.1, 0.15) is 38.6 Å². The lowest BCUT2D eigenvalue weighted by Crippen LogP contribution is -2.60.